The van der Waals surface area contributed by atoms with Gasteiger partial charge in [0, 0.05) is 6.42 Å². The Hall–Kier alpha value is -0.640. The summed E-state index contributed by atoms with van der Waals surface area (Å²) in [6, 6.07) is 0. The van der Waals surface area contributed by atoms with Crippen molar-refractivity contribution < 1.29 is 18.4 Å². The first kappa shape index (κ1) is 14.4. The number of aromatic nitrogens is 1. The fourth-order valence-electron chi connectivity index (χ4n) is 1.45. The van der Waals surface area contributed by atoms with Crippen LogP contribution in [0.4, 0.5) is 0 Å². The molecule has 0 aliphatic heterocycles. The second-order valence-electron chi connectivity index (χ2n) is 4.09. The minimum atomic E-state index is -3.66. The smallest absolute Gasteiger partial charge is 0.337 e. The lowest BCUT2D eigenvalue weighted by molar-refractivity contribution is 0.183. The Morgan fingerprint density at radius 3 is 2.65 bits per heavy atom. The summed E-state index contributed by atoms with van der Waals surface area (Å²) in [5, 5.41) is 0. The quantitative estimate of drug-likeness (QED) is 0.797. The Kier molecular flexibility index (Phi) is 4.92. The molecule has 0 fully saturated rings. The summed E-state index contributed by atoms with van der Waals surface area (Å²) in [7, 11) is -3.66. The van der Waals surface area contributed by atoms with Crippen molar-refractivity contribution in [2.75, 3.05) is 0 Å². The first-order valence-electron chi connectivity index (χ1n) is 5.83. The molecule has 0 saturated carbocycles. The summed E-state index contributed by atoms with van der Waals surface area (Å²) >= 11 is 0. The molecule has 2 unspecified atom stereocenters. The molecule has 0 aromatic carbocycles. The van der Waals surface area contributed by atoms with Crippen molar-refractivity contribution in [3.8, 4) is 0 Å². The maximum absolute atomic E-state index is 11.8. The molecule has 1 N–H and O–H groups in total. The van der Waals surface area contributed by atoms with E-state index in [2.05, 4.69) is 4.98 Å². The van der Waals surface area contributed by atoms with Gasteiger partial charge in [-0.1, -0.05) is 13.8 Å². The molecule has 1 rings (SSSR count). The van der Waals surface area contributed by atoms with E-state index in [1.165, 1.54) is 0 Å². The van der Waals surface area contributed by atoms with Crippen molar-refractivity contribution >= 4 is 7.60 Å². The summed E-state index contributed by atoms with van der Waals surface area (Å²) < 4.78 is 22.3. The van der Waals surface area contributed by atoms with E-state index in [9.17, 15) is 9.46 Å². The van der Waals surface area contributed by atoms with Crippen LogP contribution in [-0.2, 0) is 21.7 Å². The van der Waals surface area contributed by atoms with E-state index in [4.69, 9.17) is 8.94 Å². The molecule has 0 radical (unpaired) electrons. The van der Waals surface area contributed by atoms with Gasteiger partial charge >= 0.3 is 7.60 Å². The third-order valence-corrected chi connectivity index (χ3v) is 3.87. The molecule has 2 atom stereocenters. The van der Waals surface area contributed by atoms with Gasteiger partial charge in [-0.05, 0) is 20.3 Å². The molecule has 1 heterocycles. The van der Waals surface area contributed by atoms with Gasteiger partial charge in [-0.15, -0.1) is 0 Å². The SMILES string of the molecule is CCc1oc(CP(=O)(O)OC(C)CC)nc1C. The second-order valence-corrected chi connectivity index (χ2v) is 5.89. The summed E-state index contributed by atoms with van der Waals surface area (Å²) in [4.78, 5) is 13.8. The molecule has 1 aromatic heterocycles. The van der Waals surface area contributed by atoms with Crippen molar-refractivity contribution in [3.05, 3.63) is 17.3 Å². The lowest BCUT2D eigenvalue weighted by Gasteiger charge is -2.15. The van der Waals surface area contributed by atoms with Gasteiger partial charge in [0.05, 0.1) is 11.8 Å². The minimum Gasteiger partial charge on any atom is -0.445 e. The normalized spacial score (nSPS) is 16.8. The zero-order valence-corrected chi connectivity index (χ0v) is 11.7. The fourth-order valence-corrected chi connectivity index (χ4v) is 2.71. The zero-order valence-electron chi connectivity index (χ0n) is 10.8. The van der Waals surface area contributed by atoms with Crippen molar-refractivity contribution in [2.24, 2.45) is 0 Å². The number of rotatable bonds is 6. The molecule has 0 aliphatic rings. The van der Waals surface area contributed by atoms with Crippen LogP contribution in [0.15, 0.2) is 4.42 Å². The molecule has 6 heteroatoms. The third kappa shape index (κ3) is 4.26. The number of hydrogen-bond acceptors (Lipinski definition) is 4. The van der Waals surface area contributed by atoms with Gasteiger partial charge in [0.1, 0.15) is 11.9 Å². The monoisotopic (exact) mass is 261 g/mol. The van der Waals surface area contributed by atoms with E-state index in [-0.39, 0.29) is 18.2 Å². The van der Waals surface area contributed by atoms with E-state index in [1.807, 2.05) is 20.8 Å². The molecule has 5 nitrogen and oxygen atoms in total. The van der Waals surface area contributed by atoms with Gasteiger partial charge in [-0.25, -0.2) is 4.98 Å². The summed E-state index contributed by atoms with van der Waals surface area (Å²) in [6.07, 6.45) is 1.00. The molecule has 98 valence electrons. The van der Waals surface area contributed by atoms with E-state index >= 15 is 0 Å². The highest BCUT2D eigenvalue weighted by Crippen LogP contribution is 2.47. The molecule has 0 bridgehead atoms. The van der Waals surface area contributed by atoms with Crippen LogP contribution in [0.3, 0.4) is 0 Å². The number of hydrogen-bond donors (Lipinski definition) is 1. The van der Waals surface area contributed by atoms with Crippen LogP contribution in [0.25, 0.3) is 0 Å². The standard InChI is InChI=1S/C11H20NO4P/c1-5-8(3)16-17(13,14)7-11-12-9(4)10(6-2)15-11/h8H,5-7H2,1-4H3,(H,13,14). The molecule has 0 aliphatic carbocycles. The Labute approximate surface area is 102 Å². The molecular weight excluding hydrogens is 241 g/mol. The molecule has 1 aromatic rings. The summed E-state index contributed by atoms with van der Waals surface area (Å²) in [6.45, 7) is 7.44. The van der Waals surface area contributed by atoms with Crippen molar-refractivity contribution in [2.45, 2.75) is 52.8 Å². The van der Waals surface area contributed by atoms with Crippen LogP contribution < -0.4 is 0 Å². The van der Waals surface area contributed by atoms with Crippen LogP contribution in [0, 0.1) is 6.92 Å². The number of aryl methyl sites for hydroxylation is 2. The zero-order chi connectivity index (χ0) is 13.1. The number of nitrogens with zero attached hydrogens (tertiary/aromatic N) is 1. The van der Waals surface area contributed by atoms with Crippen LogP contribution >= 0.6 is 7.60 Å². The highest BCUT2D eigenvalue weighted by Gasteiger charge is 2.26. The predicted octanol–water partition coefficient (Wildman–Crippen LogP) is 3.05. The highest BCUT2D eigenvalue weighted by molar-refractivity contribution is 7.51. The molecule has 0 spiro atoms. The van der Waals surface area contributed by atoms with Gasteiger partial charge in [-0.3, -0.25) is 4.57 Å². The third-order valence-electron chi connectivity index (χ3n) is 2.51. The Morgan fingerprint density at radius 2 is 2.18 bits per heavy atom. The Balaban J connectivity index is 2.72. The fraction of sp³-hybridized carbons (Fsp3) is 0.727. The molecule has 17 heavy (non-hydrogen) atoms. The van der Waals surface area contributed by atoms with E-state index in [1.54, 1.807) is 6.92 Å². The van der Waals surface area contributed by atoms with Crippen molar-refractivity contribution in [1.82, 2.24) is 4.98 Å². The summed E-state index contributed by atoms with van der Waals surface area (Å²) in [5.41, 5.74) is 0.769. The first-order chi connectivity index (χ1) is 7.88. The van der Waals surface area contributed by atoms with Crippen LogP contribution in [0.2, 0.25) is 0 Å². The highest BCUT2D eigenvalue weighted by atomic mass is 31.2. The summed E-state index contributed by atoms with van der Waals surface area (Å²) in [5.74, 6) is 1.03. The average molecular weight is 261 g/mol. The maximum atomic E-state index is 11.8. The van der Waals surface area contributed by atoms with E-state index < -0.39 is 7.60 Å². The van der Waals surface area contributed by atoms with Gasteiger partial charge < -0.3 is 13.8 Å². The van der Waals surface area contributed by atoms with Crippen LogP contribution in [0.1, 0.15) is 44.5 Å². The second kappa shape index (κ2) is 5.80. The lowest BCUT2D eigenvalue weighted by Crippen LogP contribution is -2.05. The predicted molar refractivity (Wildman–Crippen MR) is 65.0 cm³/mol. The largest absolute Gasteiger partial charge is 0.445 e. The lowest BCUT2D eigenvalue weighted by atomic mass is 10.3. The Morgan fingerprint density at radius 1 is 1.53 bits per heavy atom. The Bertz CT molecular complexity index is 416. The molecule has 0 amide bonds. The van der Waals surface area contributed by atoms with Crippen molar-refractivity contribution in [3.63, 3.8) is 0 Å². The van der Waals surface area contributed by atoms with Gasteiger partial charge in [0.25, 0.3) is 0 Å². The van der Waals surface area contributed by atoms with Gasteiger partial charge in [-0.2, -0.15) is 0 Å². The minimum absolute atomic E-state index is 0.168. The first-order valence-corrected chi connectivity index (χ1v) is 7.59. The topological polar surface area (TPSA) is 72.6 Å². The average Bonchev–Trinajstić information content (AvgIpc) is 2.56. The molecular formula is C11H20NO4P. The van der Waals surface area contributed by atoms with Crippen molar-refractivity contribution in [1.29, 1.82) is 0 Å². The van der Waals surface area contributed by atoms with E-state index in [0.717, 1.165) is 17.9 Å². The van der Waals surface area contributed by atoms with Crippen LogP contribution in [-0.4, -0.2) is 16.0 Å². The number of oxazole rings is 1. The maximum Gasteiger partial charge on any atom is 0.337 e. The van der Waals surface area contributed by atoms with E-state index in [0.29, 0.717) is 6.42 Å². The molecule has 0 saturated heterocycles. The van der Waals surface area contributed by atoms with Gasteiger partial charge in [0.15, 0.2) is 0 Å². The van der Waals surface area contributed by atoms with Gasteiger partial charge in [0.2, 0.25) is 5.89 Å². The van der Waals surface area contributed by atoms with Crippen LogP contribution in [0.5, 0.6) is 0 Å².